The van der Waals surface area contributed by atoms with E-state index >= 15 is 4.39 Å². The molecule has 5 aromatic rings. The zero-order chi connectivity index (χ0) is 44.0. The lowest BCUT2D eigenvalue weighted by atomic mass is 10.0. The highest BCUT2D eigenvalue weighted by Gasteiger charge is 2.46. The number of hydrogen-bond acceptors (Lipinski definition) is 14. The molecule has 19 nitrogen and oxygen atoms in total. The van der Waals surface area contributed by atoms with E-state index in [1.54, 1.807) is 18.5 Å². The molecule has 0 bridgehead atoms. The van der Waals surface area contributed by atoms with E-state index in [9.17, 15) is 24.0 Å². The van der Waals surface area contributed by atoms with Gasteiger partial charge in [-0.1, -0.05) is 31.7 Å². The van der Waals surface area contributed by atoms with Crippen molar-refractivity contribution in [3.05, 3.63) is 59.4 Å². The van der Waals surface area contributed by atoms with Crippen LogP contribution in [0.1, 0.15) is 97.8 Å². The third-order valence-corrected chi connectivity index (χ3v) is 11.3. The quantitative estimate of drug-likeness (QED) is 0.0579. The predicted molar refractivity (Wildman–Crippen MR) is 230 cm³/mol. The van der Waals surface area contributed by atoms with Crippen LogP contribution in [-0.2, 0) is 25.7 Å². The number of H-pyrrole nitrogens is 1. The number of morpholine rings is 1. The number of unbranched alkanes of at least 4 members (excludes halogenated alkanes) is 5. The number of rotatable bonds is 19. The molecular formula is C43H51FN12O7. The number of piperidine rings is 1. The molecule has 20 heteroatoms. The van der Waals surface area contributed by atoms with E-state index < -0.39 is 29.7 Å². The maximum Gasteiger partial charge on any atom is 0.266 e. The van der Waals surface area contributed by atoms with Gasteiger partial charge in [0.2, 0.25) is 17.8 Å². The second kappa shape index (κ2) is 19.1. The van der Waals surface area contributed by atoms with Crippen LogP contribution in [0.5, 0.6) is 5.75 Å². The van der Waals surface area contributed by atoms with Crippen LogP contribution in [-0.4, -0.2) is 116 Å². The number of imide groups is 2. The van der Waals surface area contributed by atoms with E-state index in [1.165, 1.54) is 18.2 Å². The minimum atomic E-state index is -1.09. The topological polar surface area (TPSA) is 231 Å². The van der Waals surface area contributed by atoms with E-state index in [-0.39, 0.29) is 54.1 Å². The molecule has 3 aliphatic rings. The number of benzene rings is 2. The number of carbonyl (C=O) groups is 5. The van der Waals surface area contributed by atoms with Gasteiger partial charge in [-0.05, 0) is 51.3 Å². The highest BCUT2D eigenvalue weighted by molar-refractivity contribution is 6.24. The number of ether oxygens (including phenoxy) is 2. The molecule has 5 N–H and O–H groups in total. The van der Waals surface area contributed by atoms with Crippen molar-refractivity contribution in [3.63, 3.8) is 0 Å². The highest BCUT2D eigenvalue weighted by atomic mass is 19.1. The number of nitrogens with zero attached hydrogens (tertiary/aromatic N) is 7. The van der Waals surface area contributed by atoms with Gasteiger partial charge < -0.3 is 39.9 Å². The molecule has 5 amide bonds. The van der Waals surface area contributed by atoms with Crippen LogP contribution in [0.25, 0.3) is 22.2 Å². The van der Waals surface area contributed by atoms with E-state index in [4.69, 9.17) is 24.4 Å². The van der Waals surface area contributed by atoms with E-state index in [0.717, 1.165) is 49.1 Å². The average Bonchev–Trinajstić information content (AvgIpc) is 3.96. The second-order valence-electron chi connectivity index (χ2n) is 16.1. The van der Waals surface area contributed by atoms with Gasteiger partial charge in [-0.25, -0.2) is 14.4 Å². The number of carbonyl (C=O) groups excluding carboxylic acids is 5. The molecule has 1 unspecified atom stereocenters. The lowest BCUT2D eigenvalue weighted by molar-refractivity contribution is -0.136. The highest BCUT2D eigenvalue weighted by Crippen LogP contribution is 2.34. The third-order valence-electron chi connectivity index (χ3n) is 11.3. The Kier molecular flexibility index (Phi) is 13.1. The van der Waals surface area contributed by atoms with Crippen molar-refractivity contribution in [1.29, 1.82) is 0 Å². The summed E-state index contributed by atoms with van der Waals surface area (Å²) < 4.78 is 28.3. The average molecular weight is 867 g/mol. The van der Waals surface area contributed by atoms with Crippen molar-refractivity contribution < 1.29 is 37.8 Å². The summed E-state index contributed by atoms with van der Waals surface area (Å²) in [6, 6.07) is 6.75. The first-order chi connectivity index (χ1) is 30.5. The molecule has 0 saturated carbocycles. The van der Waals surface area contributed by atoms with Crippen LogP contribution >= 0.6 is 0 Å². The molecule has 1 atom stereocenters. The normalized spacial score (nSPS) is 16.6. The lowest BCUT2D eigenvalue weighted by Gasteiger charge is -2.27. The Morgan fingerprint density at radius 3 is 2.52 bits per heavy atom. The number of imidazole rings is 2. The van der Waals surface area contributed by atoms with Gasteiger partial charge in [-0.3, -0.25) is 34.2 Å². The van der Waals surface area contributed by atoms with Crippen molar-refractivity contribution >= 4 is 69.2 Å². The molecule has 8 rings (SSSR count). The van der Waals surface area contributed by atoms with Crippen molar-refractivity contribution in [2.75, 3.05) is 61.5 Å². The molecule has 63 heavy (non-hydrogen) atoms. The van der Waals surface area contributed by atoms with Crippen LogP contribution in [0.2, 0.25) is 0 Å². The van der Waals surface area contributed by atoms with Crippen LogP contribution in [0.4, 0.5) is 21.8 Å². The molecule has 0 radical (unpaired) electrons. The van der Waals surface area contributed by atoms with Gasteiger partial charge in [-0.15, -0.1) is 0 Å². The summed E-state index contributed by atoms with van der Waals surface area (Å²) in [7, 11) is 0. The Hall–Kier alpha value is -6.70. The summed E-state index contributed by atoms with van der Waals surface area (Å²) in [5.74, 6) is -1.32. The maximum atomic E-state index is 15.1. The molecular weight excluding hydrogens is 816 g/mol. The smallest absolute Gasteiger partial charge is 0.266 e. The molecule has 2 saturated heterocycles. The molecule has 6 heterocycles. The first-order valence-corrected chi connectivity index (χ1v) is 21.5. The molecule has 0 aliphatic carbocycles. The fourth-order valence-corrected chi connectivity index (χ4v) is 7.99. The molecule has 3 aliphatic heterocycles. The minimum Gasteiger partial charge on any atom is -0.483 e. The van der Waals surface area contributed by atoms with Gasteiger partial charge >= 0.3 is 0 Å². The molecule has 332 valence electrons. The molecule has 0 spiro atoms. The van der Waals surface area contributed by atoms with Gasteiger partial charge in [-0.2, -0.15) is 9.97 Å². The van der Waals surface area contributed by atoms with Crippen molar-refractivity contribution in [2.24, 2.45) is 0 Å². The van der Waals surface area contributed by atoms with E-state index in [2.05, 4.69) is 50.0 Å². The Labute approximate surface area is 361 Å². The van der Waals surface area contributed by atoms with Crippen LogP contribution in [0.3, 0.4) is 0 Å². The molecule has 2 fully saturated rings. The van der Waals surface area contributed by atoms with Crippen LogP contribution < -0.4 is 30.9 Å². The second-order valence-corrected chi connectivity index (χ2v) is 16.1. The van der Waals surface area contributed by atoms with Crippen LogP contribution in [0.15, 0.2) is 36.7 Å². The Morgan fingerprint density at radius 1 is 0.968 bits per heavy atom. The third kappa shape index (κ3) is 9.54. The fourth-order valence-electron chi connectivity index (χ4n) is 7.99. The van der Waals surface area contributed by atoms with Crippen molar-refractivity contribution in [2.45, 2.75) is 83.8 Å². The monoisotopic (exact) mass is 866 g/mol. The lowest BCUT2D eigenvalue weighted by Crippen LogP contribution is -2.54. The Bertz CT molecular complexity index is 2530. The van der Waals surface area contributed by atoms with Gasteiger partial charge in [0.1, 0.15) is 23.4 Å². The first-order valence-electron chi connectivity index (χ1n) is 21.5. The SMILES string of the molecule is CC(C)n1cnc2c(NCc3nc4cc(NCCCCCCCCNC(=O)COc5cccc6c5C(=O)N(C5CCC(=O)NC5=O)C6=O)c(F)cc4[nH]3)nc(N3CCOCC3)nc21. The first kappa shape index (κ1) is 43.0. The van der Waals surface area contributed by atoms with Crippen molar-refractivity contribution in [3.8, 4) is 5.75 Å². The number of nitrogens with one attached hydrogen (secondary N) is 5. The van der Waals surface area contributed by atoms with Crippen LogP contribution in [0, 0.1) is 5.82 Å². The molecule has 3 aromatic heterocycles. The minimum absolute atomic E-state index is 0.00633. The number of hydrogen-bond donors (Lipinski definition) is 5. The fraction of sp³-hybridized carbons (Fsp3) is 0.465. The van der Waals surface area contributed by atoms with Crippen molar-refractivity contribution in [1.82, 2.24) is 45.0 Å². The maximum absolute atomic E-state index is 15.1. The largest absolute Gasteiger partial charge is 0.483 e. The van der Waals surface area contributed by atoms with E-state index in [1.807, 2.05) is 4.57 Å². The summed E-state index contributed by atoms with van der Waals surface area (Å²) in [5, 5.41) is 11.6. The standard InChI is InChI=1S/C43H51FN12O7/c1-25(2)55-24-48-37-38(52-43(53-39(37)55)54-16-18-62-19-17-54)47-22-33-49-29-20-27(44)28(21-30(29)50-33)45-14-7-5-3-4-6-8-15-46-35(58)23-63-32-11-9-10-26-36(32)42(61)56(41(26)60)31-12-13-34(57)51-40(31)59/h9-11,20-21,24-25,31,45H,3-8,12-19,22-23H2,1-2H3,(H,46,58)(H,49,50)(H,47,52,53)(H,51,57,59). The zero-order valence-electron chi connectivity index (χ0n) is 35.3. The summed E-state index contributed by atoms with van der Waals surface area (Å²) in [4.78, 5) is 87.9. The number of aromatic amines is 1. The molecule has 2 aromatic carbocycles. The number of aromatic nitrogens is 6. The number of fused-ring (bicyclic) bond motifs is 3. The zero-order valence-corrected chi connectivity index (χ0v) is 35.3. The van der Waals surface area contributed by atoms with Gasteiger partial charge in [0.15, 0.2) is 23.6 Å². The van der Waals surface area contributed by atoms with Gasteiger partial charge in [0.25, 0.3) is 17.7 Å². The summed E-state index contributed by atoms with van der Waals surface area (Å²) in [6.45, 7) is 7.81. The predicted octanol–water partition coefficient (Wildman–Crippen LogP) is 4.22. The van der Waals surface area contributed by atoms with Gasteiger partial charge in [0.05, 0.1) is 53.9 Å². The number of halogens is 1. The number of amides is 5. The summed E-state index contributed by atoms with van der Waals surface area (Å²) in [5.41, 5.74) is 3.12. The summed E-state index contributed by atoms with van der Waals surface area (Å²) in [6.07, 6.45) is 7.29. The summed E-state index contributed by atoms with van der Waals surface area (Å²) >= 11 is 0. The Morgan fingerprint density at radius 2 is 1.75 bits per heavy atom. The van der Waals surface area contributed by atoms with E-state index in [0.29, 0.717) is 85.8 Å². The van der Waals surface area contributed by atoms with Gasteiger partial charge in [0, 0.05) is 44.7 Å². The Balaban J connectivity index is 0.732. The number of anilines is 3.